The van der Waals surface area contributed by atoms with Gasteiger partial charge in [0.1, 0.15) is 0 Å². The number of ether oxygens (including phenoxy) is 1. The molecular weight excluding hydrogens is 296 g/mol. The molecule has 2 amide bonds. The Hall–Kier alpha value is -1.89. The van der Waals surface area contributed by atoms with Crippen LogP contribution >= 0.6 is 0 Å². The number of nitrogens with zero attached hydrogens (tertiary/aromatic N) is 1. The molecule has 1 saturated heterocycles. The molecule has 4 N–H and O–H groups in total. The zero-order chi connectivity index (χ0) is 16.2. The van der Waals surface area contributed by atoms with E-state index in [0.29, 0.717) is 24.8 Å². The maximum atomic E-state index is 12.4. The SMILES string of the molecule is NC(=O)C1CCCC(C(=O)Nc2cc(C3CCCOC3)[nH]n2)C1. The summed E-state index contributed by atoms with van der Waals surface area (Å²) in [5.74, 6) is 0.122. The van der Waals surface area contributed by atoms with Crippen LogP contribution in [0.2, 0.25) is 0 Å². The van der Waals surface area contributed by atoms with E-state index in [9.17, 15) is 9.59 Å². The number of hydrogen-bond donors (Lipinski definition) is 3. The van der Waals surface area contributed by atoms with Gasteiger partial charge in [0, 0.05) is 36.1 Å². The average Bonchev–Trinajstić information content (AvgIpc) is 3.04. The Morgan fingerprint density at radius 3 is 2.83 bits per heavy atom. The lowest BCUT2D eigenvalue weighted by molar-refractivity contribution is -0.125. The van der Waals surface area contributed by atoms with Crippen molar-refractivity contribution < 1.29 is 14.3 Å². The first-order chi connectivity index (χ1) is 11.1. The zero-order valence-electron chi connectivity index (χ0n) is 13.2. The van der Waals surface area contributed by atoms with E-state index in [1.54, 1.807) is 0 Å². The number of nitrogens with two attached hydrogens (primary N) is 1. The second kappa shape index (κ2) is 7.12. The highest BCUT2D eigenvalue weighted by atomic mass is 16.5. The standard InChI is InChI=1S/C16H24N4O3/c17-15(21)10-3-1-4-11(7-10)16(22)18-14-8-13(19-20-14)12-5-2-6-23-9-12/h8,10-12H,1-7,9H2,(H2,17,21)(H2,18,19,20,22). The van der Waals surface area contributed by atoms with Crippen molar-refractivity contribution in [2.75, 3.05) is 18.5 Å². The molecule has 2 fully saturated rings. The van der Waals surface area contributed by atoms with Crippen LogP contribution in [-0.4, -0.2) is 35.2 Å². The molecule has 3 atom stereocenters. The van der Waals surface area contributed by atoms with Crippen molar-refractivity contribution in [3.05, 3.63) is 11.8 Å². The Bertz CT molecular complexity index is 565. The van der Waals surface area contributed by atoms with Gasteiger partial charge in [-0.05, 0) is 32.1 Å². The molecule has 23 heavy (non-hydrogen) atoms. The second-order valence-electron chi connectivity index (χ2n) is 6.57. The summed E-state index contributed by atoms with van der Waals surface area (Å²) >= 11 is 0. The van der Waals surface area contributed by atoms with Gasteiger partial charge in [-0.3, -0.25) is 14.7 Å². The van der Waals surface area contributed by atoms with E-state index in [0.717, 1.165) is 44.4 Å². The number of aromatic amines is 1. The van der Waals surface area contributed by atoms with Crippen molar-refractivity contribution in [2.45, 2.75) is 44.4 Å². The van der Waals surface area contributed by atoms with Gasteiger partial charge in [-0.1, -0.05) is 6.42 Å². The van der Waals surface area contributed by atoms with Gasteiger partial charge in [-0.25, -0.2) is 0 Å². The third-order valence-corrected chi connectivity index (χ3v) is 4.90. The predicted octanol–water partition coefficient (Wildman–Crippen LogP) is 1.53. The van der Waals surface area contributed by atoms with Gasteiger partial charge in [0.05, 0.1) is 6.61 Å². The van der Waals surface area contributed by atoms with Gasteiger partial charge < -0.3 is 15.8 Å². The topological polar surface area (TPSA) is 110 Å². The van der Waals surface area contributed by atoms with Crippen LogP contribution in [0.15, 0.2) is 6.07 Å². The van der Waals surface area contributed by atoms with E-state index in [-0.39, 0.29) is 23.7 Å². The fourth-order valence-electron chi connectivity index (χ4n) is 3.51. The Balaban J connectivity index is 1.57. The maximum Gasteiger partial charge on any atom is 0.228 e. The number of primary amides is 1. The van der Waals surface area contributed by atoms with Crippen molar-refractivity contribution in [2.24, 2.45) is 17.6 Å². The number of carbonyl (C=O) groups is 2. The lowest BCUT2D eigenvalue weighted by atomic mass is 9.80. The molecule has 7 nitrogen and oxygen atoms in total. The second-order valence-corrected chi connectivity index (χ2v) is 6.57. The summed E-state index contributed by atoms with van der Waals surface area (Å²) in [6.07, 6.45) is 5.09. The van der Waals surface area contributed by atoms with E-state index in [1.165, 1.54) is 0 Å². The lowest BCUT2D eigenvalue weighted by Gasteiger charge is -2.25. The lowest BCUT2D eigenvalue weighted by Crippen LogP contribution is -2.33. The molecule has 0 spiro atoms. The normalized spacial score (nSPS) is 28.3. The summed E-state index contributed by atoms with van der Waals surface area (Å²) in [5, 5.41) is 10.0. The predicted molar refractivity (Wildman–Crippen MR) is 84.7 cm³/mol. The Kier molecular flexibility index (Phi) is 4.95. The van der Waals surface area contributed by atoms with Crippen LogP contribution in [0.25, 0.3) is 0 Å². The van der Waals surface area contributed by atoms with Gasteiger partial charge in [0.25, 0.3) is 0 Å². The molecule has 2 heterocycles. The first kappa shape index (κ1) is 16.0. The first-order valence-corrected chi connectivity index (χ1v) is 8.36. The van der Waals surface area contributed by atoms with E-state index >= 15 is 0 Å². The smallest absolute Gasteiger partial charge is 0.228 e. The van der Waals surface area contributed by atoms with Crippen molar-refractivity contribution in [3.8, 4) is 0 Å². The van der Waals surface area contributed by atoms with Crippen molar-refractivity contribution >= 4 is 17.6 Å². The Morgan fingerprint density at radius 2 is 2.09 bits per heavy atom. The fraction of sp³-hybridized carbons (Fsp3) is 0.688. The van der Waals surface area contributed by atoms with Crippen LogP contribution in [0.3, 0.4) is 0 Å². The number of aromatic nitrogens is 2. The van der Waals surface area contributed by atoms with E-state index in [4.69, 9.17) is 10.5 Å². The molecule has 1 aliphatic carbocycles. The highest BCUT2D eigenvalue weighted by molar-refractivity contribution is 5.92. The Morgan fingerprint density at radius 1 is 1.26 bits per heavy atom. The molecule has 0 aromatic carbocycles. The molecule has 126 valence electrons. The molecule has 1 aromatic rings. The number of carbonyl (C=O) groups excluding carboxylic acids is 2. The van der Waals surface area contributed by atoms with Gasteiger partial charge in [0.15, 0.2) is 5.82 Å². The van der Waals surface area contributed by atoms with E-state index in [2.05, 4.69) is 15.5 Å². The van der Waals surface area contributed by atoms with Gasteiger partial charge in [-0.2, -0.15) is 5.10 Å². The molecule has 3 unspecified atom stereocenters. The summed E-state index contributed by atoms with van der Waals surface area (Å²) in [7, 11) is 0. The molecule has 0 bridgehead atoms. The van der Waals surface area contributed by atoms with Crippen LogP contribution < -0.4 is 11.1 Å². The van der Waals surface area contributed by atoms with Crippen molar-refractivity contribution in [3.63, 3.8) is 0 Å². The third kappa shape index (κ3) is 3.90. The Labute approximate surface area is 135 Å². The fourth-order valence-corrected chi connectivity index (χ4v) is 3.51. The largest absolute Gasteiger partial charge is 0.381 e. The quantitative estimate of drug-likeness (QED) is 0.781. The third-order valence-electron chi connectivity index (χ3n) is 4.90. The van der Waals surface area contributed by atoms with Crippen LogP contribution in [0.4, 0.5) is 5.82 Å². The van der Waals surface area contributed by atoms with Gasteiger partial charge in [-0.15, -0.1) is 0 Å². The molecule has 1 saturated carbocycles. The first-order valence-electron chi connectivity index (χ1n) is 8.36. The highest BCUT2D eigenvalue weighted by Gasteiger charge is 2.30. The van der Waals surface area contributed by atoms with Crippen LogP contribution in [0.5, 0.6) is 0 Å². The number of hydrogen-bond acceptors (Lipinski definition) is 4. The average molecular weight is 320 g/mol. The zero-order valence-corrected chi connectivity index (χ0v) is 13.2. The molecule has 3 rings (SSSR count). The van der Waals surface area contributed by atoms with Gasteiger partial charge >= 0.3 is 0 Å². The maximum absolute atomic E-state index is 12.4. The number of rotatable bonds is 4. The summed E-state index contributed by atoms with van der Waals surface area (Å²) in [6.45, 7) is 1.51. The molecule has 1 aliphatic heterocycles. The summed E-state index contributed by atoms with van der Waals surface area (Å²) in [5.41, 5.74) is 6.37. The molecular formula is C16H24N4O3. The van der Waals surface area contributed by atoms with Crippen LogP contribution in [0.1, 0.15) is 50.1 Å². The minimum atomic E-state index is -0.304. The van der Waals surface area contributed by atoms with Crippen LogP contribution in [0, 0.1) is 11.8 Å². The summed E-state index contributed by atoms with van der Waals surface area (Å²) < 4.78 is 5.48. The van der Waals surface area contributed by atoms with Crippen LogP contribution in [-0.2, 0) is 14.3 Å². The van der Waals surface area contributed by atoms with Crippen molar-refractivity contribution in [1.29, 1.82) is 0 Å². The molecule has 7 heteroatoms. The summed E-state index contributed by atoms with van der Waals surface area (Å²) in [6, 6.07) is 1.88. The number of nitrogens with one attached hydrogen (secondary N) is 2. The summed E-state index contributed by atoms with van der Waals surface area (Å²) in [4.78, 5) is 23.7. The van der Waals surface area contributed by atoms with Crippen molar-refractivity contribution in [1.82, 2.24) is 10.2 Å². The highest BCUT2D eigenvalue weighted by Crippen LogP contribution is 2.30. The van der Waals surface area contributed by atoms with E-state index in [1.807, 2.05) is 6.07 Å². The number of H-pyrrole nitrogens is 1. The number of anilines is 1. The minimum Gasteiger partial charge on any atom is -0.381 e. The molecule has 0 radical (unpaired) electrons. The molecule has 1 aromatic heterocycles. The monoisotopic (exact) mass is 320 g/mol. The van der Waals surface area contributed by atoms with Gasteiger partial charge in [0.2, 0.25) is 11.8 Å². The minimum absolute atomic E-state index is 0.0751. The molecule has 2 aliphatic rings. The van der Waals surface area contributed by atoms with E-state index < -0.39 is 0 Å². The number of amides is 2.